The fourth-order valence-corrected chi connectivity index (χ4v) is 4.91. The first-order chi connectivity index (χ1) is 14.6. The average Bonchev–Trinajstić information content (AvgIpc) is 2.94. The van der Waals surface area contributed by atoms with Crippen molar-refractivity contribution >= 4 is 39.3 Å². The summed E-state index contributed by atoms with van der Waals surface area (Å²) >= 11 is 0. The Bertz CT molecular complexity index is 1270. The van der Waals surface area contributed by atoms with Gasteiger partial charge in [-0.25, -0.2) is 12.8 Å². The van der Waals surface area contributed by atoms with Gasteiger partial charge in [-0.2, -0.15) is 0 Å². The number of hydrogen-bond acceptors (Lipinski definition) is 6. The fourth-order valence-electron chi connectivity index (χ4n) is 3.61. The molecule has 2 aromatic carbocycles. The highest BCUT2D eigenvalue weighted by atomic mass is 32.2. The lowest BCUT2D eigenvalue weighted by Gasteiger charge is -2.27. The topological polar surface area (TPSA) is 130 Å². The van der Waals surface area contributed by atoms with Crippen LogP contribution in [0.1, 0.15) is 39.1 Å². The summed E-state index contributed by atoms with van der Waals surface area (Å²) in [5.41, 5.74) is 0.254. The van der Waals surface area contributed by atoms with Crippen LogP contribution in [0.25, 0.3) is 0 Å². The number of carbonyl (C=O) groups excluding carboxylic acids is 4. The summed E-state index contributed by atoms with van der Waals surface area (Å²) in [5, 5.41) is 2.10. The first-order valence-corrected chi connectivity index (χ1v) is 10.7. The van der Waals surface area contributed by atoms with Crippen molar-refractivity contribution in [1.29, 1.82) is 0 Å². The van der Waals surface area contributed by atoms with E-state index < -0.39 is 45.5 Å². The molecule has 9 nitrogen and oxygen atoms in total. The van der Waals surface area contributed by atoms with Gasteiger partial charge in [-0.1, -0.05) is 6.07 Å². The minimum atomic E-state index is -4.17. The molecule has 0 aromatic heterocycles. The van der Waals surface area contributed by atoms with Gasteiger partial charge in [0.15, 0.2) is 0 Å². The number of anilines is 1. The lowest BCUT2D eigenvalue weighted by molar-refractivity contribution is -0.136. The van der Waals surface area contributed by atoms with Crippen molar-refractivity contribution in [3.8, 4) is 0 Å². The van der Waals surface area contributed by atoms with E-state index in [-0.39, 0.29) is 34.6 Å². The summed E-state index contributed by atoms with van der Waals surface area (Å²) in [7, 11) is -4.17. The number of hydrogen-bond donors (Lipinski definition) is 2. The normalized spacial score (nSPS) is 18.8. The Labute approximate surface area is 176 Å². The second-order valence-corrected chi connectivity index (χ2v) is 8.87. The monoisotopic (exact) mass is 445 g/mol. The van der Waals surface area contributed by atoms with Gasteiger partial charge in [0.25, 0.3) is 21.8 Å². The van der Waals surface area contributed by atoms with Gasteiger partial charge < -0.3 is 0 Å². The number of fused-ring (bicyclic) bond motifs is 1. The summed E-state index contributed by atoms with van der Waals surface area (Å²) in [6.45, 7) is 1.51. The van der Waals surface area contributed by atoms with Crippen LogP contribution >= 0.6 is 0 Å². The van der Waals surface area contributed by atoms with E-state index in [2.05, 4.69) is 10.0 Å². The molecule has 0 saturated carbocycles. The molecule has 0 aliphatic carbocycles. The van der Waals surface area contributed by atoms with Crippen molar-refractivity contribution in [3.05, 3.63) is 58.9 Å². The summed E-state index contributed by atoms with van der Waals surface area (Å²) in [6.07, 6.45) is -0.00365. The molecule has 2 aromatic rings. The van der Waals surface area contributed by atoms with E-state index >= 15 is 0 Å². The van der Waals surface area contributed by atoms with E-state index in [1.165, 1.54) is 31.2 Å². The smallest absolute Gasteiger partial charge is 0.262 e. The largest absolute Gasteiger partial charge is 0.295 e. The second kappa shape index (κ2) is 7.27. The number of nitrogens with one attached hydrogen (secondary N) is 2. The molecule has 31 heavy (non-hydrogen) atoms. The zero-order chi connectivity index (χ0) is 22.5. The fraction of sp³-hybridized carbons (Fsp3) is 0.200. The molecule has 2 N–H and O–H groups in total. The van der Waals surface area contributed by atoms with Crippen LogP contribution in [0.4, 0.5) is 10.1 Å². The standard InChI is InChI=1S/C20H16FN3O6S/c1-10-2-3-11(21)8-16(10)31(29,30)23-12-4-5-13-14(9-12)20(28)24(19(13)27)15-6-7-17(25)22-18(15)26/h2-5,8-9,15,23H,6-7H2,1H3,(H,22,25,26). The lowest BCUT2D eigenvalue weighted by Crippen LogP contribution is -2.54. The third-order valence-corrected chi connectivity index (χ3v) is 6.65. The molecule has 0 radical (unpaired) electrons. The molecule has 1 atom stereocenters. The Morgan fingerprint density at radius 2 is 1.74 bits per heavy atom. The Kier molecular flexibility index (Phi) is 4.85. The molecule has 2 aliphatic rings. The van der Waals surface area contributed by atoms with Crippen LogP contribution in [0.3, 0.4) is 0 Å². The van der Waals surface area contributed by atoms with Gasteiger partial charge in [0, 0.05) is 12.1 Å². The molecule has 160 valence electrons. The molecule has 1 saturated heterocycles. The summed E-state index contributed by atoms with van der Waals surface area (Å²) in [5.74, 6) is -3.42. The van der Waals surface area contributed by atoms with Crippen LogP contribution < -0.4 is 10.0 Å². The Morgan fingerprint density at radius 1 is 1.03 bits per heavy atom. The molecule has 0 bridgehead atoms. The highest BCUT2D eigenvalue weighted by molar-refractivity contribution is 7.92. The zero-order valence-electron chi connectivity index (χ0n) is 16.1. The molecule has 0 spiro atoms. The zero-order valence-corrected chi connectivity index (χ0v) is 17.0. The molecular weight excluding hydrogens is 429 g/mol. The highest BCUT2D eigenvalue weighted by Gasteiger charge is 2.44. The molecule has 11 heteroatoms. The van der Waals surface area contributed by atoms with Crippen molar-refractivity contribution in [3.63, 3.8) is 0 Å². The van der Waals surface area contributed by atoms with E-state index in [1.807, 2.05) is 0 Å². The van der Waals surface area contributed by atoms with Crippen molar-refractivity contribution < 1.29 is 32.0 Å². The first-order valence-electron chi connectivity index (χ1n) is 9.23. The van der Waals surface area contributed by atoms with Crippen molar-refractivity contribution in [2.75, 3.05) is 4.72 Å². The Hall–Kier alpha value is -3.60. The van der Waals surface area contributed by atoms with Crippen molar-refractivity contribution in [1.82, 2.24) is 10.2 Å². The van der Waals surface area contributed by atoms with Gasteiger partial charge in [-0.3, -0.25) is 34.1 Å². The summed E-state index contributed by atoms with van der Waals surface area (Å²) in [6, 6.07) is 5.98. The maximum atomic E-state index is 13.5. The van der Waals surface area contributed by atoms with Gasteiger partial charge in [-0.15, -0.1) is 0 Å². The van der Waals surface area contributed by atoms with Crippen LogP contribution in [0.15, 0.2) is 41.3 Å². The van der Waals surface area contributed by atoms with E-state index in [4.69, 9.17) is 0 Å². The van der Waals surface area contributed by atoms with Crippen LogP contribution in [0.2, 0.25) is 0 Å². The first kappa shape index (κ1) is 20.7. The van der Waals surface area contributed by atoms with Crippen LogP contribution in [0.5, 0.6) is 0 Å². The molecule has 4 rings (SSSR count). The predicted molar refractivity (Wildman–Crippen MR) is 105 cm³/mol. The highest BCUT2D eigenvalue weighted by Crippen LogP contribution is 2.30. The number of amides is 4. The van der Waals surface area contributed by atoms with Gasteiger partial charge in [0.2, 0.25) is 11.8 Å². The van der Waals surface area contributed by atoms with E-state index in [1.54, 1.807) is 0 Å². The van der Waals surface area contributed by atoms with Crippen LogP contribution in [0, 0.1) is 12.7 Å². The summed E-state index contributed by atoms with van der Waals surface area (Å²) < 4.78 is 41.2. The molecular formula is C20H16FN3O6S. The summed E-state index contributed by atoms with van der Waals surface area (Å²) in [4.78, 5) is 49.5. The lowest BCUT2D eigenvalue weighted by atomic mass is 10.0. The van der Waals surface area contributed by atoms with Gasteiger partial charge in [0.1, 0.15) is 11.9 Å². The predicted octanol–water partition coefficient (Wildman–Crippen LogP) is 1.34. The Morgan fingerprint density at radius 3 is 2.45 bits per heavy atom. The molecule has 1 unspecified atom stereocenters. The molecule has 4 amide bonds. The van der Waals surface area contributed by atoms with Gasteiger partial charge >= 0.3 is 0 Å². The second-order valence-electron chi connectivity index (χ2n) is 7.22. The third-order valence-electron chi connectivity index (χ3n) is 5.13. The van der Waals surface area contributed by atoms with E-state index in [9.17, 15) is 32.0 Å². The van der Waals surface area contributed by atoms with Gasteiger partial charge in [0.05, 0.1) is 16.0 Å². The average molecular weight is 445 g/mol. The number of imide groups is 2. The minimum absolute atomic E-state index is 0.00585. The maximum absolute atomic E-state index is 13.5. The van der Waals surface area contributed by atoms with E-state index in [0.717, 1.165) is 17.0 Å². The van der Waals surface area contributed by atoms with Crippen LogP contribution in [-0.4, -0.2) is 43.0 Å². The number of benzene rings is 2. The van der Waals surface area contributed by atoms with E-state index in [0.29, 0.717) is 5.56 Å². The van der Waals surface area contributed by atoms with Crippen LogP contribution in [-0.2, 0) is 19.6 Å². The number of halogens is 1. The third kappa shape index (κ3) is 3.56. The van der Waals surface area contributed by atoms with Crippen molar-refractivity contribution in [2.45, 2.75) is 30.7 Å². The maximum Gasteiger partial charge on any atom is 0.262 e. The number of carbonyl (C=O) groups is 4. The number of aryl methyl sites for hydroxylation is 1. The Balaban J connectivity index is 1.64. The van der Waals surface area contributed by atoms with Gasteiger partial charge in [-0.05, 0) is 49.2 Å². The molecule has 2 aliphatic heterocycles. The van der Waals surface area contributed by atoms with Crippen molar-refractivity contribution in [2.24, 2.45) is 0 Å². The quantitative estimate of drug-likeness (QED) is 0.683. The SMILES string of the molecule is Cc1ccc(F)cc1S(=O)(=O)Nc1ccc2c(c1)C(=O)N(C1CCC(=O)NC1=O)C2=O. The molecule has 1 fully saturated rings. The number of sulfonamides is 1. The number of piperidine rings is 1. The number of nitrogens with zero attached hydrogens (tertiary/aromatic N) is 1. The minimum Gasteiger partial charge on any atom is -0.295 e. The number of rotatable bonds is 4. The molecule has 2 heterocycles.